The van der Waals surface area contributed by atoms with Crippen molar-refractivity contribution in [3.8, 4) is 0 Å². The third-order valence-corrected chi connectivity index (χ3v) is 2.51. The minimum absolute atomic E-state index is 0.00130. The Morgan fingerprint density at radius 1 is 1.53 bits per heavy atom. The van der Waals surface area contributed by atoms with E-state index < -0.39 is 5.97 Å². The van der Waals surface area contributed by atoms with E-state index in [0.29, 0.717) is 18.9 Å². The lowest BCUT2D eigenvalue weighted by molar-refractivity contribution is 0.0696. The molecule has 94 valence electrons. The van der Waals surface area contributed by atoms with Gasteiger partial charge < -0.3 is 15.1 Å². The highest BCUT2D eigenvalue weighted by Gasteiger charge is 2.13. The Labute approximate surface area is 105 Å². The largest absolute Gasteiger partial charge is 0.478 e. The molecule has 0 amide bonds. The van der Waals surface area contributed by atoms with E-state index in [1.165, 1.54) is 12.3 Å². The molecule has 0 aliphatic rings. The Morgan fingerprint density at radius 3 is 2.71 bits per heavy atom. The highest BCUT2D eigenvalue weighted by molar-refractivity contribution is 6.33. The number of hydrogen-bond acceptors (Lipinski definition) is 4. The van der Waals surface area contributed by atoms with Gasteiger partial charge in [-0.1, -0.05) is 18.5 Å². The van der Waals surface area contributed by atoms with Crippen molar-refractivity contribution < 1.29 is 15.0 Å². The summed E-state index contributed by atoms with van der Waals surface area (Å²) in [6.45, 7) is 3.13. The fourth-order valence-electron chi connectivity index (χ4n) is 1.49. The average Bonchev–Trinajstić information content (AvgIpc) is 2.28. The summed E-state index contributed by atoms with van der Waals surface area (Å²) < 4.78 is 0. The van der Waals surface area contributed by atoms with Crippen LogP contribution < -0.4 is 4.90 Å². The molecule has 1 rings (SSSR count). The normalized spacial score (nSPS) is 10.3. The first-order chi connectivity index (χ1) is 8.10. The van der Waals surface area contributed by atoms with Crippen LogP contribution in [-0.4, -0.2) is 40.9 Å². The number of aromatic carboxylic acids is 1. The molecule has 0 atom stereocenters. The van der Waals surface area contributed by atoms with E-state index in [1.54, 1.807) is 0 Å². The molecule has 1 aromatic rings. The summed E-state index contributed by atoms with van der Waals surface area (Å²) in [5.74, 6) is -0.553. The lowest BCUT2D eigenvalue weighted by atomic mass is 10.2. The van der Waals surface area contributed by atoms with Gasteiger partial charge in [-0.15, -0.1) is 0 Å². The second kappa shape index (κ2) is 6.42. The molecule has 0 bridgehead atoms. The molecule has 0 aliphatic carbocycles. The van der Waals surface area contributed by atoms with Gasteiger partial charge >= 0.3 is 5.97 Å². The molecule has 0 spiro atoms. The molecule has 2 N–H and O–H groups in total. The zero-order chi connectivity index (χ0) is 12.8. The number of carbonyl (C=O) groups is 1. The van der Waals surface area contributed by atoms with E-state index in [2.05, 4.69) is 4.98 Å². The second-order valence-electron chi connectivity index (χ2n) is 3.55. The summed E-state index contributed by atoms with van der Waals surface area (Å²) in [6, 6.07) is 1.37. The number of halogens is 1. The number of rotatable bonds is 6. The van der Waals surface area contributed by atoms with Gasteiger partial charge in [0, 0.05) is 19.3 Å². The minimum atomic E-state index is -1.06. The highest BCUT2D eigenvalue weighted by Crippen LogP contribution is 2.24. The monoisotopic (exact) mass is 258 g/mol. The predicted octanol–water partition coefficient (Wildman–Crippen LogP) is 1.64. The van der Waals surface area contributed by atoms with Crippen LogP contribution in [0.3, 0.4) is 0 Å². The number of nitrogens with zero attached hydrogens (tertiary/aromatic N) is 2. The molecule has 1 aromatic heterocycles. The zero-order valence-corrected chi connectivity index (χ0v) is 10.3. The van der Waals surface area contributed by atoms with Crippen molar-refractivity contribution in [1.29, 1.82) is 0 Å². The molecule has 0 unspecified atom stereocenters. The lowest BCUT2D eigenvalue weighted by Gasteiger charge is -2.23. The SMILES string of the molecule is CCCN(CCO)c1ncc(C(=O)O)cc1Cl. The number of carboxylic acid groups (broad SMARTS) is 1. The molecule has 0 radical (unpaired) electrons. The van der Waals surface area contributed by atoms with Crippen molar-refractivity contribution in [3.63, 3.8) is 0 Å². The standard InChI is InChI=1S/C11H15ClN2O3/c1-2-3-14(4-5-15)10-9(12)6-8(7-13-10)11(16)17/h6-7,15H,2-5H2,1H3,(H,16,17). The van der Waals surface area contributed by atoms with Crippen molar-refractivity contribution in [2.24, 2.45) is 0 Å². The van der Waals surface area contributed by atoms with Crippen LogP contribution in [0.5, 0.6) is 0 Å². The smallest absolute Gasteiger partial charge is 0.337 e. The van der Waals surface area contributed by atoms with Crippen LogP contribution in [0.15, 0.2) is 12.3 Å². The number of hydrogen-bond donors (Lipinski definition) is 2. The lowest BCUT2D eigenvalue weighted by Crippen LogP contribution is -2.28. The van der Waals surface area contributed by atoms with Crippen LogP contribution in [-0.2, 0) is 0 Å². The first kappa shape index (κ1) is 13.7. The Morgan fingerprint density at radius 2 is 2.24 bits per heavy atom. The zero-order valence-electron chi connectivity index (χ0n) is 9.56. The maximum absolute atomic E-state index is 10.7. The Balaban J connectivity index is 2.99. The minimum Gasteiger partial charge on any atom is -0.478 e. The van der Waals surface area contributed by atoms with Gasteiger partial charge in [-0.2, -0.15) is 0 Å². The van der Waals surface area contributed by atoms with Gasteiger partial charge in [0.1, 0.15) is 5.82 Å². The van der Waals surface area contributed by atoms with Crippen molar-refractivity contribution in [3.05, 3.63) is 22.8 Å². The van der Waals surface area contributed by atoms with Crippen LogP contribution in [0, 0.1) is 0 Å². The molecular weight excluding hydrogens is 244 g/mol. The van der Waals surface area contributed by atoms with Crippen molar-refractivity contribution in [2.45, 2.75) is 13.3 Å². The third kappa shape index (κ3) is 3.57. The number of aromatic nitrogens is 1. The van der Waals surface area contributed by atoms with Crippen LogP contribution in [0.2, 0.25) is 5.02 Å². The number of anilines is 1. The average molecular weight is 259 g/mol. The van der Waals surface area contributed by atoms with Crippen LogP contribution in [0.1, 0.15) is 23.7 Å². The Bertz CT molecular complexity index is 392. The van der Waals surface area contributed by atoms with E-state index >= 15 is 0 Å². The first-order valence-electron chi connectivity index (χ1n) is 5.34. The van der Waals surface area contributed by atoms with Crippen LogP contribution in [0.4, 0.5) is 5.82 Å². The Hall–Kier alpha value is -1.33. The van der Waals surface area contributed by atoms with Gasteiger partial charge in [-0.05, 0) is 12.5 Å². The second-order valence-corrected chi connectivity index (χ2v) is 3.95. The predicted molar refractivity (Wildman–Crippen MR) is 65.8 cm³/mol. The number of carboxylic acids is 1. The van der Waals surface area contributed by atoms with Crippen molar-refractivity contribution in [2.75, 3.05) is 24.6 Å². The fourth-order valence-corrected chi connectivity index (χ4v) is 1.78. The number of aliphatic hydroxyl groups excluding tert-OH is 1. The molecule has 0 saturated heterocycles. The summed E-state index contributed by atoms with van der Waals surface area (Å²) in [4.78, 5) is 16.6. The van der Waals surface area contributed by atoms with E-state index in [-0.39, 0.29) is 17.2 Å². The topological polar surface area (TPSA) is 73.7 Å². The highest BCUT2D eigenvalue weighted by atomic mass is 35.5. The fraction of sp³-hybridized carbons (Fsp3) is 0.455. The summed E-state index contributed by atoms with van der Waals surface area (Å²) in [6.07, 6.45) is 2.16. The molecule has 17 heavy (non-hydrogen) atoms. The van der Waals surface area contributed by atoms with Gasteiger partial charge in [0.2, 0.25) is 0 Å². The van der Waals surface area contributed by atoms with Crippen molar-refractivity contribution in [1.82, 2.24) is 4.98 Å². The Kier molecular flexibility index (Phi) is 5.18. The molecule has 0 aliphatic heterocycles. The van der Waals surface area contributed by atoms with Crippen LogP contribution >= 0.6 is 11.6 Å². The van der Waals surface area contributed by atoms with E-state index in [0.717, 1.165) is 6.42 Å². The van der Waals surface area contributed by atoms with E-state index in [4.69, 9.17) is 21.8 Å². The van der Waals surface area contributed by atoms with Gasteiger partial charge in [-0.3, -0.25) is 0 Å². The van der Waals surface area contributed by atoms with Gasteiger partial charge in [-0.25, -0.2) is 9.78 Å². The summed E-state index contributed by atoms with van der Waals surface area (Å²) >= 11 is 5.99. The molecule has 6 heteroatoms. The summed E-state index contributed by atoms with van der Waals surface area (Å²) in [7, 11) is 0. The quantitative estimate of drug-likeness (QED) is 0.812. The summed E-state index contributed by atoms with van der Waals surface area (Å²) in [5, 5.41) is 18.0. The van der Waals surface area contributed by atoms with Crippen molar-refractivity contribution >= 4 is 23.4 Å². The van der Waals surface area contributed by atoms with Crippen LogP contribution in [0.25, 0.3) is 0 Å². The van der Waals surface area contributed by atoms with E-state index in [9.17, 15) is 4.79 Å². The first-order valence-corrected chi connectivity index (χ1v) is 5.72. The molecule has 0 aromatic carbocycles. The van der Waals surface area contributed by atoms with Gasteiger partial charge in [0.05, 0.1) is 17.2 Å². The number of aliphatic hydroxyl groups is 1. The summed E-state index contributed by atoms with van der Waals surface area (Å²) in [5.41, 5.74) is 0.0548. The molecule has 0 fully saturated rings. The molecule has 1 heterocycles. The molecule has 0 saturated carbocycles. The maximum atomic E-state index is 10.7. The van der Waals surface area contributed by atoms with Gasteiger partial charge in [0.15, 0.2) is 0 Å². The van der Waals surface area contributed by atoms with E-state index in [1.807, 2.05) is 11.8 Å². The third-order valence-electron chi connectivity index (χ3n) is 2.23. The maximum Gasteiger partial charge on any atom is 0.337 e. The molecule has 5 nitrogen and oxygen atoms in total. The number of pyridine rings is 1. The molecular formula is C11H15ClN2O3. The van der Waals surface area contributed by atoms with Gasteiger partial charge in [0.25, 0.3) is 0 Å².